The molecule has 0 bridgehead atoms. The molecule has 1 aromatic rings. The van der Waals surface area contributed by atoms with E-state index in [9.17, 15) is 5.11 Å². The average Bonchev–Trinajstić information content (AvgIpc) is 2.28. The summed E-state index contributed by atoms with van der Waals surface area (Å²) in [4.78, 5) is 4.15. The number of aliphatic hydroxyl groups excluding tert-OH is 1. The number of nitrogens with zero attached hydrogens (tertiary/aromatic N) is 2. The van der Waals surface area contributed by atoms with Gasteiger partial charge in [0.1, 0.15) is 5.03 Å². The van der Waals surface area contributed by atoms with Crippen molar-refractivity contribution in [3.63, 3.8) is 0 Å². The summed E-state index contributed by atoms with van der Waals surface area (Å²) in [6.07, 6.45) is 1.18. The number of thioether (sulfide) groups is 1. The van der Waals surface area contributed by atoms with E-state index in [0.29, 0.717) is 10.6 Å². The first-order valence-electron chi connectivity index (χ1n) is 4.84. The van der Waals surface area contributed by atoms with Crippen LogP contribution >= 0.6 is 11.8 Å². The molecular weight excluding hydrogens is 226 g/mol. The van der Waals surface area contributed by atoms with Crippen LogP contribution in [0.15, 0.2) is 28.5 Å². The summed E-state index contributed by atoms with van der Waals surface area (Å²) in [6.45, 7) is 3.60. The van der Waals surface area contributed by atoms with Crippen molar-refractivity contribution < 1.29 is 10.3 Å². The van der Waals surface area contributed by atoms with Gasteiger partial charge < -0.3 is 16.0 Å². The molecule has 0 aliphatic rings. The van der Waals surface area contributed by atoms with Crippen molar-refractivity contribution in [2.45, 2.75) is 30.2 Å². The maximum absolute atomic E-state index is 9.41. The van der Waals surface area contributed by atoms with Crippen LogP contribution in [0.1, 0.15) is 19.4 Å². The highest BCUT2D eigenvalue weighted by Crippen LogP contribution is 2.26. The number of pyridine rings is 1. The van der Waals surface area contributed by atoms with Crippen LogP contribution < -0.4 is 5.73 Å². The van der Waals surface area contributed by atoms with Gasteiger partial charge in [0.05, 0.1) is 11.7 Å². The molecule has 16 heavy (non-hydrogen) atoms. The Bertz CT molecular complexity index is 382. The summed E-state index contributed by atoms with van der Waals surface area (Å²) in [5.41, 5.74) is 6.10. The Morgan fingerprint density at radius 1 is 1.56 bits per heavy atom. The van der Waals surface area contributed by atoms with Gasteiger partial charge in [0, 0.05) is 11.4 Å². The smallest absolute Gasteiger partial charge is 0.172 e. The zero-order valence-electron chi connectivity index (χ0n) is 9.16. The molecule has 5 nitrogen and oxygen atoms in total. The van der Waals surface area contributed by atoms with Gasteiger partial charge in [-0.2, -0.15) is 0 Å². The Morgan fingerprint density at radius 3 is 2.81 bits per heavy atom. The lowest BCUT2D eigenvalue weighted by atomic mass is 10.3. The lowest BCUT2D eigenvalue weighted by Crippen LogP contribution is -2.18. The monoisotopic (exact) mass is 241 g/mol. The van der Waals surface area contributed by atoms with Crippen molar-refractivity contribution in [2.24, 2.45) is 10.9 Å². The largest absolute Gasteiger partial charge is 0.409 e. The van der Waals surface area contributed by atoms with E-state index in [0.717, 1.165) is 0 Å². The third-order valence-corrected chi connectivity index (χ3v) is 3.45. The summed E-state index contributed by atoms with van der Waals surface area (Å²) in [5.74, 6) is 0.0217. The van der Waals surface area contributed by atoms with Gasteiger partial charge >= 0.3 is 0 Å². The second-order valence-corrected chi connectivity index (χ2v) is 4.77. The first kappa shape index (κ1) is 12.8. The van der Waals surface area contributed by atoms with Gasteiger partial charge in [-0.05, 0) is 19.1 Å². The Balaban J connectivity index is 2.96. The molecule has 4 N–H and O–H groups in total. The molecule has 2 atom stereocenters. The number of amidine groups is 1. The second-order valence-electron chi connectivity index (χ2n) is 3.40. The molecule has 0 amide bonds. The Labute approximate surface area is 98.4 Å². The molecule has 0 saturated heterocycles. The molecule has 0 spiro atoms. The van der Waals surface area contributed by atoms with Gasteiger partial charge in [-0.15, -0.1) is 0 Å². The van der Waals surface area contributed by atoms with Crippen LogP contribution in [-0.4, -0.2) is 32.5 Å². The van der Waals surface area contributed by atoms with Crippen molar-refractivity contribution >= 4 is 17.6 Å². The first-order valence-corrected chi connectivity index (χ1v) is 5.72. The molecule has 6 heteroatoms. The van der Waals surface area contributed by atoms with E-state index < -0.39 is 6.10 Å². The Morgan fingerprint density at radius 2 is 2.25 bits per heavy atom. The van der Waals surface area contributed by atoms with Gasteiger partial charge in [0.15, 0.2) is 5.84 Å². The van der Waals surface area contributed by atoms with Crippen LogP contribution in [0.2, 0.25) is 0 Å². The summed E-state index contributed by atoms with van der Waals surface area (Å²) in [6, 6.07) is 3.43. The maximum Gasteiger partial charge on any atom is 0.172 e. The Kier molecular flexibility index (Phi) is 4.57. The standard InChI is InChI=1S/C10H15N3O2S/c1-6(14)7(2)16-10-8(9(11)13-15)4-3-5-12-10/h3-7,14-15H,1-2H3,(H2,11,13). The Hall–Kier alpha value is -1.27. The summed E-state index contributed by atoms with van der Waals surface area (Å²) in [7, 11) is 0. The van der Waals surface area contributed by atoms with Crippen LogP contribution in [0.25, 0.3) is 0 Å². The zero-order chi connectivity index (χ0) is 12.1. The fraction of sp³-hybridized carbons (Fsp3) is 0.400. The number of oxime groups is 1. The number of nitrogens with two attached hydrogens (primary N) is 1. The minimum Gasteiger partial charge on any atom is -0.409 e. The fourth-order valence-corrected chi connectivity index (χ4v) is 1.98. The van der Waals surface area contributed by atoms with Crippen molar-refractivity contribution in [3.8, 4) is 0 Å². The van der Waals surface area contributed by atoms with E-state index in [-0.39, 0.29) is 11.1 Å². The summed E-state index contributed by atoms with van der Waals surface area (Å²) in [5, 5.41) is 21.6. The predicted octanol–water partition coefficient (Wildman–Crippen LogP) is 1.04. The quantitative estimate of drug-likeness (QED) is 0.241. The molecule has 0 aromatic carbocycles. The highest BCUT2D eigenvalue weighted by molar-refractivity contribution is 8.00. The van der Waals surface area contributed by atoms with Crippen molar-refractivity contribution in [3.05, 3.63) is 23.9 Å². The van der Waals surface area contributed by atoms with E-state index in [1.807, 2.05) is 6.92 Å². The van der Waals surface area contributed by atoms with E-state index >= 15 is 0 Å². The number of rotatable bonds is 4. The van der Waals surface area contributed by atoms with Gasteiger partial charge in [-0.25, -0.2) is 4.98 Å². The van der Waals surface area contributed by atoms with Crippen LogP contribution in [-0.2, 0) is 0 Å². The number of hydrogen-bond donors (Lipinski definition) is 3. The number of aromatic nitrogens is 1. The molecule has 2 unspecified atom stereocenters. The maximum atomic E-state index is 9.41. The number of hydrogen-bond acceptors (Lipinski definition) is 5. The third kappa shape index (κ3) is 3.11. The van der Waals surface area contributed by atoms with Crippen LogP contribution in [0.5, 0.6) is 0 Å². The predicted molar refractivity (Wildman–Crippen MR) is 63.7 cm³/mol. The molecule has 0 fully saturated rings. The van der Waals surface area contributed by atoms with Crippen molar-refractivity contribution in [1.29, 1.82) is 0 Å². The molecule has 88 valence electrons. The molecular formula is C10H15N3O2S. The van der Waals surface area contributed by atoms with Crippen LogP contribution in [0, 0.1) is 0 Å². The van der Waals surface area contributed by atoms with E-state index in [1.165, 1.54) is 11.8 Å². The molecule has 0 aliphatic carbocycles. The minimum atomic E-state index is -0.452. The number of aliphatic hydroxyl groups is 1. The second kappa shape index (κ2) is 5.72. The van der Waals surface area contributed by atoms with E-state index in [1.54, 1.807) is 25.3 Å². The molecule has 0 saturated carbocycles. The van der Waals surface area contributed by atoms with Crippen molar-refractivity contribution in [2.75, 3.05) is 0 Å². The van der Waals surface area contributed by atoms with Crippen LogP contribution in [0.4, 0.5) is 0 Å². The zero-order valence-corrected chi connectivity index (χ0v) is 9.98. The normalized spacial score (nSPS) is 15.8. The van der Waals surface area contributed by atoms with Crippen LogP contribution in [0.3, 0.4) is 0 Å². The molecule has 0 aliphatic heterocycles. The van der Waals surface area contributed by atoms with Gasteiger partial charge in [0.25, 0.3) is 0 Å². The van der Waals surface area contributed by atoms with E-state index in [4.69, 9.17) is 10.9 Å². The first-order chi connectivity index (χ1) is 7.56. The molecule has 1 aromatic heterocycles. The summed E-state index contributed by atoms with van der Waals surface area (Å²) < 4.78 is 0. The lowest BCUT2D eigenvalue weighted by molar-refractivity contribution is 0.196. The SMILES string of the molecule is CC(O)C(C)Sc1ncccc1/C(N)=N/O. The fourth-order valence-electron chi connectivity index (χ4n) is 1.01. The van der Waals surface area contributed by atoms with E-state index in [2.05, 4.69) is 10.1 Å². The molecule has 1 rings (SSSR count). The summed E-state index contributed by atoms with van der Waals surface area (Å²) >= 11 is 1.39. The average molecular weight is 241 g/mol. The highest BCUT2D eigenvalue weighted by atomic mass is 32.2. The topological polar surface area (TPSA) is 91.7 Å². The van der Waals surface area contributed by atoms with Crippen molar-refractivity contribution in [1.82, 2.24) is 4.98 Å². The minimum absolute atomic E-state index is 0.0138. The van der Waals surface area contributed by atoms with Gasteiger partial charge in [-0.1, -0.05) is 23.8 Å². The van der Waals surface area contributed by atoms with Gasteiger partial charge in [0.2, 0.25) is 0 Å². The third-order valence-electron chi connectivity index (χ3n) is 2.13. The highest BCUT2D eigenvalue weighted by Gasteiger charge is 2.15. The lowest BCUT2D eigenvalue weighted by Gasteiger charge is -2.14. The molecule has 0 radical (unpaired) electrons. The van der Waals surface area contributed by atoms with Gasteiger partial charge in [-0.3, -0.25) is 0 Å². The molecule has 1 heterocycles.